The average Bonchev–Trinajstić information content (AvgIpc) is 3.19. The zero-order chi connectivity index (χ0) is 21.9. The number of ether oxygens (including phenoxy) is 1. The van der Waals surface area contributed by atoms with E-state index in [4.69, 9.17) is 4.74 Å². The van der Waals surface area contributed by atoms with E-state index in [9.17, 15) is 18.4 Å². The molecule has 0 spiro atoms. The van der Waals surface area contributed by atoms with E-state index in [1.807, 2.05) is 0 Å². The highest BCUT2D eigenvalue weighted by Crippen LogP contribution is 2.29. The third-order valence-electron chi connectivity index (χ3n) is 4.98. The minimum absolute atomic E-state index is 0.0339. The van der Waals surface area contributed by atoms with Crippen LogP contribution in [0, 0.1) is 0 Å². The van der Waals surface area contributed by atoms with Crippen molar-refractivity contribution in [3.8, 4) is 0 Å². The number of rotatable bonds is 4. The lowest BCUT2D eigenvalue weighted by atomic mass is 10.2. The smallest absolute Gasteiger partial charge is 0.410 e. The molecule has 0 aromatic carbocycles. The summed E-state index contributed by atoms with van der Waals surface area (Å²) in [7, 11) is 0. The van der Waals surface area contributed by atoms with Crippen LogP contribution in [0.15, 0.2) is 12.1 Å². The Bertz CT molecular complexity index is 770. The van der Waals surface area contributed by atoms with E-state index in [1.54, 1.807) is 35.6 Å². The number of hydrogen-bond acceptors (Lipinski definition) is 6. The van der Waals surface area contributed by atoms with E-state index in [0.717, 1.165) is 25.9 Å². The van der Waals surface area contributed by atoms with Crippen molar-refractivity contribution >= 4 is 17.7 Å². The standard InChI is InChI=1S/C20H29F2N5O3/c1-20(2,3)30-19(29)26-12-10-25(11-13-26)15-7-6-14(23-16(15)17(21)22)18(28)24-27-8-4-5-9-27/h6-7,17H,4-5,8-13H2,1-3H3,(H,24,28). The molecule has 0 aliphatic carbocycles. The van der Waals surface area contributed by atoms with Gasteiger partial charge in [-0.1, -0.05) is 0 Å². The first-order valence-corrected chi connectivity index (χ1v) is 10.2. The zero-order valence-corrected chi connectivity index (χ0v) is 17.7. The van der Waals surface area contributed by atoms with Gasteiger partial charge in [0.15, 0.2) is 0 Å². The Morgan fingerprint density at radius 1 is 1.07 bits per heavy atom. The van der Waals surface area contributed by atoms with Gasteiger partial charge in [-0.05, 0) is 45.7 Å². The van der Waals surface area contributed by atoms with Gasteiger partial charge in [0.2, 0.25) is 0 Å². The number of nitrogens with zero attached hydrogens (tertiary/aromatic N) is 4. The van der Waals surface area contributed by atoms with E-state index in [0.29, 0.717) is 26.2 Å². The first kappa shape index (κ1) is 22.2. The average molecular weight is 425 g/mol. The molecule has 0 radical (unpaired) electrons. The molecule has 3 rings (SSSR count). The number of hydrazine groups is 1. The molecule has 10 heteroatoms. The van der Waals surface area contributed by atoms with Crippen molar-refractivity contribution in [1.82, 2.24) is 20.3 Å². The molecule has 1 aromatic heterocycles. The van der Waals surface area contributed by atoms with Crippen LogP contribution >= 0.6 is 0 Å². The second-order valence-corrected chi connectivity index (χ2v) is 8.49. The monoisotopic (exact) mass is 425 g/mol. The van der Waals surface area contributed by atoms with Crippen LogP contribution in [-0.2, 0) is 4.74 Å². The van der Waals surface area contributed by atoms with Crippen molar-refractivity contribution in [2.24, 2.45) is 0 Å². The van der Waals surface area contributed by atoms with Crippen LogP contribution in [0.2, 0.25) is 0 Å². The SMILES string of the molecule is CC(C)(C)OC(=O)N1CCN(c2ccc(C(=O)NN3CCCC3)nc2C(F)F)CC1. The summed E-state index contributed by atoms with van der Waals surface area (Å²) in [6, 6.07) is 2.98. The highest BCUT2D eigenvalue weighted by Gasteiger charge is 2.29. The number of halogens is 2. The topological polar surface area (TPSA) is 78.0 Å². The van der Waals surface area contributed by atoms with Crippen molar-refractivity contribution in [2.45, 2.75) is 45.6 Å². The molecule has 2 amide bonds. The number of alkyl halides is 2. The lowest BCUT2D eigenvalue weighted by Crippen LogP contribution is -2.50. The van der Waals surface area contributed by atoms with Gasteiger partial charge in [-0.2, -0.15) is 0 Å². The molecule has 1 N–H and O–H groups in total. The Kier molecular flexibility index (Phi) is 6.74. The van der Waals surface area contributed by atoms with E-state index in [1.165, 1.54) is 12.1 Å². The van der Waals surface area contributed by atoms with Crippen molar-refractivity contribution in [1.29, 1.82) is 0 Å². The van der Waals surface area contributed by atoms with E-state index < -0.39 is 29.7 Å². The molecule has 1 aromatic rings. The van der Waals surface area contributed by atoms with Gasteiger partial charge in [-0.25, -0.2) is 23.6 Å². The predicted molar refractivity (Wildman–Crippen MR) is 107 cm³/mol. The molecule has 166 valence electrons. The molecule has 2 saturated heterocycles. The maximum absolute atomic E-state index is 13.7. The van der Waals surface area contributed by atoms with E-state index in [2.05, 4.69) is 10.4 Å². The van der Waals surface area contributed by atoms with Crippen LogP contribution in [0.5, 0.6) is 0 Å². The van der Waals surface area contributed by atoms with Gasteiger partial charge in [0.05, 0.1) is 5.69 Å². The minimum atomic E-state index is -2.82. The summed E-state index contributed by atoms with van der Waals surface area (Å²) in [4.78, 5) is 31.8. The summed E-state index contributed by atoms with van der Waals surface area (Å²) in [5, 5.41) is 1.77. The number of pyridine rings is 1. The van der Waals surface area contributed by atoms with Crippen LogP contribution < -0.4 is 10.3 Å². The summed E-state index contributed by atoms with van der Waals surface area (Å²) < 4.78 is 32.8. The molecule has 0 unspecified atom stereocenters. The van der Waals surface area contributed by atoms with Gasteiger partial charge >= 0.3 is 6.09 Å². The zero-order valence-electron chi connectivity index (χ0n) is 17.7. The number of amides is 2. The summed E-state index contributed by atoms with van der Waals surface area (Å²) in [5.74, 6) is -0.486. The first-order chi connectivity index (χ1) is 14.1. The maximum Gasteiger partial charge on any atom is 0.410 e. The van der Waals surface area contributed by atoms with Gasteiger partial charge in [0.25, 0.3) is 12.3 Å². The van der Waals surface area contributed by atoms with Crippen molar-refractivity contribution in [3.05, 3.63) is 23.5 Å². The molecular formula is C20H29F2N5O3. The largest absolute Gasteiger partial charge is 0.444 e. The predicted octanol–water partition coefficient (Wildman–Crippen LogP) is 2.82. The van der Waals surface area contributed by atoms with Crippen molar-refractivity contribution in [2.75, 3.05) is 44.2 Å². The lowest BCUT2D eigenvalue weighted by Gasteiger charge is -2.37. The summed E-state index contributed by atoms with van der Waals surface area (Å²) in [6.07, 6.45) is -1.25. The molecule has 30 heavy (non-hydrogen) atoms. The van der Waals surface area contributed by atoms with Crippen LogP contribution in [0.1, 0.15) is 56.2 Å². The highest BCUT2D eigenvalue weighted by molar-refractivity contribution is 5.92. The van der Waals surface area contributed by atoms with E-state index >= 15 is 0 Å². The highest BCUT2D eigenvalue weighted by atomic mass is 19.3. The van der Waals surface area contributed by atoms with E-state index in [-0.39, 0.29) is 11.4 Å². The minimum Gasteiger partial charge on any atom is -0.444 e. The molecule has 2 aliphatic rings. The molecule has 8 nitrogen and oxygen atoms in total. The third kappa shape index (κ3) is 5.56. The molecule has 3 heterocycles. The van der Waals surface area contributed by atoms with Gasteiger partial charge < -0.3 is 14.5 Å². The van der Waals surface area contributed by atoms with Gasteiger partial charge in [0.1, 0.15) is 17.0 Å². The Morgan fingerprint density at radius 2 is 1.70 bits per heavy atom. The van der Waals surface area contributed by atoms with Crippen LogP contribution in [0.4, 0.5) is 19.3 Å². The second kappa shape index (κ2) is 9.11. The van der Waals surface area contributed by atoms with Crippen LogP contribution in [0.3, 0.4) is 0 Å². The second-order valence-electron chi connectivity index (χ2n) is 8.49. The number of carbonyl (C=O) groups is 2. The Labute approximate surface area is 175 Å². The number of anilines is 1. The Morgan fingerprint density at radius 3 is 2.27 bits per heavy atom. The summed E-state index contributed by atoms with van der Waals surface area (Å²) >= 11 is 0. The Balaban J connectivity index is 1.67. The fourth-order valence-electron chi connectivity index (χ4n) is 3.51. The van der Waals surface area contributed by atoms with Crippen molar-refractivity contribution < 1.29 is 23.1 Å². The molecule has 0 saturated carbocycles. The van der Waals surface area contributed by atoms with Crippen LogP contribution in [-0.4, -0.2) is 71.8 Å². The lowest BCUT2D eigenvalue weighted by molar-refractivity contribution is 0.0240. The van der Waals surface area contributed by atoms with Crippen molar-refractivity contribution in [3.63, 3.8) is 0 Å². The Hall–Kier alpha value is -2.49. The number of hydrogen-bond donors (Lipinski definition) is 1. The molecule has 0 atom stereocenters. The fraction of sp³-hybridized carbons (Fsp3) is 0.650. The quantitative estimate of drug-likeness (QED) is 0.799. The molecule has 0 bridgehead atoms. The normalized spacial score (nSPS) is 18.1. The molecular weight excluding hydrogens is 396 g/mol. The molecule has 2 fully saturated rings. The number of aromatic nitrogens is 1. The maximum atomic E-state index is 13.7. The van der Waals surface area contributed by atoms with Gasteiger partial charge in [-0.15, -0.1) is 0 Å². The summed E-state index contributed by atoms with van der Waals surface area (Å²) in [6.45, 7) is 8.33. The van der Waals surface area contributed by atoms with Gasteiger partial charge in [0, 0.05) is 39.3 Å². The number of nitrogens with one attached hydrogen (secondary N) is 1. The molecule has 2 aliphatic heterocycles. The van der Waals surface area contributed by atoms with Crippen LogP contribution in [0.25, 0.3) is 0 Å². The number of piperazine rings is 1. The third-order valence-corrected chi connectivity index (χ3v) is 4.98. The first-order valence-electron chi connectivity index (χ1n) is 10.2. The number of carbonyl (C=O) groups excluding carboxylic acids is 2. The van der Waals surface area contributed by atoms with Gasteiger partial charge in [-0.3, -0.25) is 10.2 Å². The summed E-state index contributed by atoms with van der Waals surface area (Å²) in [5.41, 5.74) is 1.95. The fourth-order valence-corrected chi connectivity index (χ4v) is 3.51.